The summed E-state index contributed by atoms with van der Waals surface area (Å²) in [4.78, 5) is 15.8. The summed E-state index contributed by atoms with van der Waals surface area (Å²) in [5.41, 5.74) is 2.29. The number of hydrogen-bond acceptors (Lipinski definition) is 7. The first-order valence-corrected chi connectivity index (χ1v) is 12.2. The zero-order valence-corrected chi connectivity index (χ0v) is 19.5. The number of ketones is 1. The van der Waals surface area contributed by atoms with Crippen LogP contribution in [0, 0.1) is 0 Å². The van der Waals surface area contributed by atoms with Gasteiger partial charge in [-0.05, 0) is 39.0 Å². The lowest BCUT2D eigenvalue weighted by atomic mass is 10.1. The molecule has 0 bridgehead atoms. The van der Waals surface area contributed by atoms with E-state index in [2.05, 4.69) is 23.7 Å². The van der Waals surface area contributed by atoms with E-state index in [0.717, 1.165) is 18.4 Å². The average Bonchev–Trinajstić information content (AvgIpc) is 2.77. The maximum Gasteiger partial charge on any atom is 0.203 e. The smallest absolute Gasteiger partial charge is 0.203 e. The largest absolute Gasteiger partial charge is 0.744 e. The van der Waals surface area contributed by atoms with Crippen LogP contribution in [-0.4, -0.2) is 43.4 Å². The van der Waals surface area contributed by atoms with E-state index in [9.17, 15) is 17.8 Å². The van der Waals surface area contributed by atoms with Crippen molar-refractivity contribution < 1.29 is 22.2 Å². The Hall–Kier alpha value is -3.30. The molecule has 1 N–H and O–H groups in total. The molecule has 0 saturated heterocycles. The standard InChI is InChI=1S/C24H25N3O5S/c1-4-27(5-2)16-6-9-20-22(12-16)32-23-14-21(25-11-10-15(3)28)19-13-17(33(29,30)31)7-8-18(19)24(23)26-20/h6-9,12-14H,4-5,10-11H2,1-3H3,(H,29,30,31). The van der Waals surface area contributed by atoms with E-state index >= 15 is 0 Å². The molecular formula is C24H25N3O5S. The topological polar surface area (TPSA) is 115 Å². The van der Waals surface area contributed by atoms with Crippen molar-refractivity contribution in [1.82, 2.24) is 9.56 Å². The van der Waals surface area contributed by atoms with Crippen LogP contribution in [0.25, 0.3) is 33.3 Å². The molecule has 2 aromatic carbocycles. The summed E-state index contributed by atoms with van der Waals surface area (Å²) < 4.78 is 43.3. The summed E-state index contributed by atoms with van der Waals surface area (Å²) in [6, 6.07) is 11.8. The molecule has 33 heavy (non-hydrogen) atoms. The maximum absolute atomic E-state index is 11.6. The van der Waals surface area contributed by atoms with Crippen LogP contribution in [0.1, 0.15) is 27.2 Å². The second-order valence-electron chi connectivity index (χ2n) is 7.85. The fourth-order valence-corrected chi connectivity index (χ4v) is 4.43. The van der Waals surface area contributed by atoms with E-state index in [0.29, 0.717) is 52.0 Å². The van der Waals surface area contributed by atoms with Gasteiger partial charge in [0.2, 0.25) is 5.36 Å². The molecule has 0 fully saturated rings. The van der Waals surface area contributed by atoms with Gasteiger partial charge in [-0.2, -0.15) is 0 Å². The molecule has 0 saturated carbocycles. The predicted octanol–water partition coefficient (Wildman–Crippen LogP) is 3.19. The van der Waals surface area contributed by atoms with Gasteiger partial charge in [-0.15, -0.1) is 0 Å². The van der Waals surface area contributed by atoms with Gasteiger partial charge in [0.1, 0.15) is 40.2 Å². The zero-order chi connectivity index (χ0) is 23.8. The van der Waals surface area contributed by atoms with Crippen LogP contribution < -0.4 is 15.2 Å². The minimum atomic E-state index is -4.63. The van der Waals surface area contributed by atoms with Gasteiger partial charge in [0, 0.05) is 41.6 Å². The van der Waals surface area contributed by atoms with Crippen LogP contribution in [0.2, 0.25) is 0 Å². The summed E-state index contributed by atoms with van der Waals surface area (Å²) in [6.45, 7) is 7.76. The number of carbonyl (C=O) groups excluding carboxylic acids is 1. The molecule has 0 unspecified atom stereocenters. The lowest BCUT2D eigenvalue weighted by molar-refractivity contribution is -0.116. The van der Waals surface area contributed by atoms with Crippen molar-refractivity contribution in [3.63, 3.8) is 0 Å². The van der Waals surface area contributed by atoms with Gasteiger partial charge in [-0.3, -0.25) is 4.79 Å². The molecule has 0 atom stereocenters. The Morgan fingerprint density at radius 2 is 1.85 bits per heavy atom. The third kappa shape index (κ3) is 4.60. The number of hydrogen-bond donors (Lipinski definition) is 1. The zero-order valence-electron chi connectivity index (χ0n) is 18.7. The van der Waals surface area contributed by atoms with Crippen molar-refractivity contribution >= 4 is 43.5 Å². The van der Waals surface area contributed by atoms with E-state index in [-0.39, 0.29) is 10.7 Å². The Labute approximate surface area is 191 Å². The molecule has 0 spiro atoms. The Kier molecular flexibility index (Phi) is 6.18. The van der Waals surface area contributed by atoms with Crippen molar-refractivity contribution in [3.8, 4) is 11.5 Å². The first-order valence-electron chi connectivity index (χ1n) is 10.8. The summed E-state index contributed by atoms with van der Waals surface area (Å²) in [5, 5.41) is 5.36. The molecular weight excluding hydrogens is 442 g/mol. The average molecular weight is 468 g/mol. The van der Waals surface area contributed by atoms with Gasteiger partial charge in [0.25, 0.3) is 0 Å². The summed E-state index contributed by atoms with van der Waals surface area (Å²) in [6.07, 6.45) is 0.305. The van der Waals surface area contributed by atoms with Crippen molar-refractivity contribution in [2.75, 3.05) is 25.0 Å². The first kappa shape index (κ1) is 22.9. The third-order valence-electron chi connectivity index (χ3n) is 5.65. The quantitative estimate of drug-likeness (QED) is 0.192. The van der Waals surface area contributed by atoms with Crippen LogP contribution in [0.15, 0.2) is 51.8 Å². The molecule has 0 aromatic heterocycles. The van der Waals surface area contributed by atoms with Crippen molar-refractivity contribution in [2.24, 2.45) is 0 Å². The van der Waals surface area contributed by atoms with E-state index in [4.69, 9.17) is 9.40 Å². The number of nitrogens with zero attached hydrogens (tertiary/aromatic N) is 2. The molecule has 1 aliphatic heterocycles. The number of fused-ring (bicyclic) bond motifs is 4. The van der Waals surface area contributed by atoms with E-state index < -0.39 is 10.1 Å². The molecule has 4 rings (SSSR count). The number of benzene rings is 3. The molecule has 1 aliphatic carbocycles. The Morgan fingerprint density at radius 1 is 1.09 bits per heavy atom. The molecule has 2 aliphatic rings. The fourth-order valence-electron chi connectivity index (χ4n) is 3.93. The van der Waals surface area contributed by atoms with Crippen LogP contribution >= 0.6 is 0 Å². The molecule has 1 heterocycles. The van der Waals surface area contributed by atoms with Gasteiger partial charge in [-0.25, -0.2) is 18.0 Å². The Bertz CT molecular complexity index is 1520. The number of aromatic nitrogens is 1. The minimum absolute atomic E-state index is 0.0247. The Morgan fingerprint density at radius 3 is 2.52 bits per heavy atom. The lowest BCUT2D eigenvalue weighted by Crippen LogP contribution is -2.29. The van der Waals surface area contributed by atoms with Crippen molar-refractivity contribution in [1.29, 1.82) is 0 Å². The van der Waals surface area contributed by atoms with Gasteiger partial charge in [0.05, 0.1) is 11.0 Å². The van der Waals surface area contributed by atoms with Gasteiger partial charge < -0.3 is 14.3 Å². The van der Waals surface area contributed by atoms with Crippen LogP contribution in [-0.2, 0) is 14.9 Å². The summed E-state index contributed by atoms with van der Waals surface area (Å²) >= 11 is 0. The molecule has 8 nitrogen and oxygen atoms in total. The SMILES string of the molecule is CC[N+](CC)=c1ccc2nc3c(cc(NCCC(C)=O)c4cc(S(=O)(=O)[O-])ccc43)oc-2c1. The Balaban J connectivity index is 2.00. The van der Waals surface area contributed by atoms with Gasteiger partial charge in [-0.1, -0.05) is 6.07 Å². The van der Waals surface area contributed by atoms with E-state index in [1.807, 2.05) is 18.2 Å². The fraction of sp³-hybridized carbons (Fsp3) is 0.292. The molecule has 0 amide bonds. The third-order valence-corrected chi connectivity index (χ3v) is 6.48. The van der Waals surface area contributed by atoms with E-state index in [1.165, 1.54) is 19.1 Å². The second kappa shape index (κ2) is 8.92. The van der Waals surface area contributed by atoms with Gasteiger partial charge >= 0.3 is 0 Å². The lowest BCUT2D eigenvalue weighted by Gasteiger charge is -2.15. The van der Waals surface area contributed by atoms with Crippen LogP contribution in [0.4, 0.5) is 5.69 Å². The number of carbonyl (C=O) groups is 1. The maximum atomic E-state index is 11.6. The number of rotatable bonds is 7. The highest BCUT2D eigenvalue weighted by Gasteiger charge is 2.17. The van der Waals surface area contributed by atoms with Crippen LogP contribution in [0.5, 0.6) is 0 Å². The number of Topliss-reactive ketones (excluding diaryl/α,β-unsaturated/α-hetero) is 1. The minimum Gasteiger partial charge on any atom is -0.744 e. The molecule has 0 radical (unpaired) electrons. The highest BCUT2D eigenvalue weighted by Crippen LogP contribution is 2.35. The highest BCUT2D eigenvalue weighted by molar-refractivity contribution is 7.85. The van der Waals surface area contributed by atoms with Crippen molar-refractivity contribution in [3.05, 3.63) is 47.8 Å². The molecule has 9 heteroatoms. The molecule has 2 aromatic rings. The van der Waals surface area contributed by atoms with Crippen molar-refractivity contribution in [2.45, 2.75) is 32.1 Å². The van der Waals surface area contributed by atoms with E-state index in [1.54, 1.807) is 12.1 Å². The number of anilines is 1. The predicted molar refractivity (Wildman–Crippen MR) is 126 cm³/mol. The first-order chi connectivity index (χ1) is 15.7. The molecule has 172 valence electrons. The highest BCUT2D eigenvalue weighted by atomic mass is 32.2. The summed E-state index contributed by atoms with van der Waals surface area (Å²) in [5.74, 6) is 0.649. The second-order valence-corrected chi connectivity index (χ2v) is 9.23. The monoisotopic (exact) mass is 467 g/mol. The normalized spacial score (nSPS) is 11.9. The van der Waals surface area contributed by atoms with Crippen LogP contribution in [0.3, 0.4) is 0 Å². The summed E-state index contributed by atoms with van der Waals surface area (Å²) in [7, 11) is -4.63. The van der Waals surface area contributed by atoms with Gasteiger partial charge in [0.15, 0.2) is 11.3 Å². The number of nitrogens with one attached hydrogen (secondary N) is 1.